The molecular formula is C16H15FN4O2S. The standard InChI is InChI=1S/C16H15FN4O2S/c17-12-4-2-1-3-11(12)13(20-7-5-10(22)6-8-20)14-15(23)21-16(24-14)18-9-19-21/h1-4,9,13,23H,5-8H2. The summed E-state index contributed by atoms with van der Waals surface area (Å²) < 4.78 is 15.8. The first kappa shape index (κ1) is 15.2. The number of rotatable bonds is 3. The number of Topliss-reactive ketones (excluding diaryl/α,β-unsaturated/α-hetero) is 1. The summed E-state index contributed by atoms with van der Waals surface area (Å²) in [6.07, 6.45) is 2.24. The number of hydrogen-bond donors (Lipinski definition) is 1. The van der Waals surface area contributed by atoms with Crippen LogP contribution in [0.5, 0.6) is 5.88 Å². The van der Waals surface area contributed by atoms with Gasteiger partial charge >= 0.3 is 0 Å². The number of carbonyl (C=O) groups excluding carboxylic acids is 1. The molecule has 8 heteroatoms. The minimum absolute atomic E-state index is 0.0300. The summed E-state index contributed by atoms with van der Waals surface area (Å²) in [5.41, 5.74) is 0.478. The molecule has 0 saturated carbocycles. The SMILES string of the molecule is O=C1CCN(C(c2ccccc2F)c2sc3ncnn3c2O)CC1. The summed E-state index contributed by atoms with van der Waals surface area (Å²) in [6.45, 7) is 1.07. The molecule has 0 aliphatic carbocycles. The van der Waals surface area contributed by atoms with Crippen molar-refractivity contribution in [3.63, 3.8) is 0 Å². The van der Waals surface area contributed by atoms with Crippen molar-refractivity contribution < 1.29 is 14.3 Å². The van der Waals surface area contributed by atoms with Crippen molar-refractivity contribution in [3.8, 4) is 5.88 Å². The molecule has 3 aromatic rings. The van der Waals surface area contributed by atoms with Crippen LogP contribution in [0, 0.1) is 5.82 Å². The summed E-state index contributed by atoms with van der Waals surface area (Å²) in [4.78, 5) is 18.8. The van der Waals surface area contributed by atoms with Gasteiger partial charge in [-0.1, -0.05) is 29.5 Å². The van der Waals surface area contributed by atoms with Crippen molar-refractivity contribution in [2.45, 2.75) is 18.9 Å². The maximum absolute atomic E-state index is 14.5. The van der Waals surface area contributed by atoms with Crippen LogP contribution < -0.4 is 0 Å². The molecule has 4 rings (SSSR count). The van der Waals surface area contributed by atoms with Gasteiger partial charge in [-0.05, 0) is 6.07 Å². The predicted octanol–water partition coefficient (Wildman–Crippen LogP) is 2.39. The highest BCUT2D eigenvalue weighted by atomic mass is 32.1. The summed E-state index contributed by atoms with van der Waals surface area (Å²) in [7, 11) is 0. The maximum Gasteiger partial charge on any atom is 0.230 e. The topological polar surface area (TPSA) is 70.7 Å². The van der Waals surface area contributed by atoms with Gasteiger partial charge in [0.2, 0.25) is 10.8 Å². The highest BCUT2D eigenvalue weighted by Crippen LogP contribution is 2.41. The normalized spacial score (nSPS) is 17.5. The Balaban J connectivity index is 1.83. The molecule has 3 heterocycles. The highest BCUT2D eigenvalue weighted by Gasteiger charge is 2.32. The number of hydrogen-bond acceptors (Lipinski definition) is 6. The summed E-state index contributed by atoms with van der Waals surface area (Å²) >= 11 is 1.28. The Morgan fingerprint density at radius 1 is 1.25 bits per heavy atom. The van der Waals surface area contributed by atoms with E-state index in [-0.39, 0.29) is 17.5 Å². The molecule has 1 aliphatic rings. The number of piperidine rings is 1. The Hall–Kier alpha value is -2.32. The number of benzene rings is 1. The van der Waals surface area contributed by atoms with Gasteiger partial charge in [-0.25, -0.2) is 9.37 Å². The van der Waals surface area contributed by atoms with Crippen LogP contribution >= 0.6 is 11.3 Å². The number of aromatic hydroxyl groups is 1. The van der Waals surface area contributed by atoms with Crippen LogP contribution in [0.2, 0.25) is 0 Å². The third-order valence-corrected chi connectivity index (χ3v) is 5.39. The Morgan fingerprint density at radius 3 is 2.71 bits per heavy atom. The minimum atomic E-state index is -0.465. The fourth-order valence-corrected chi connectivity index (χ4v) is 4.19. The van der Waals surface area contributed by atoms with Crippen LogP contribution in [0.15, 0.2) is 30.6 Å². The Labute approximate surface area is 141 Å². The first-order valence-electron chi connectivity index (χ1n) is 7.66. The Kier molecular flexibility index (Phi) is 3.78. The van der Waals surface area contributed by atoms with E-state index in [1.54, 1.807) is 18.2 Å². The van der Waals surface area contributed by atoms with Gasteiger partial charge in [-0.2, -0.15) is 9.61 Å². The van der Waals surface area contributed by atoms with Crippen molar-refractivity contribution in [2.24, 2.45) is 0 Å². The van der Waals surface area contributed by atoms with Crippen molar-refractivity contribution in [1.82, 2.24) is 19.5 Å². The van der Waals surface area contributed by atoms with E-state index in [4.69, 9.17) is 0 Å². The second kappa shape index (κ2) is 5.95. The zero-order valence-electron chi connectivity index (χ0n) is 12.7. The van der Waals surface area contributed by atoms with Gasteiger partial charge in [0, 0.05) is 31.5 Å². The summed E-state index contributed by atoms with van der Waals surface area (Å²) in [5.74, 6) is -0.152. The van der Waals surface area contributed by atoms with Crippen LogP contribution in [0.4, 0.5) is 4.39 Å². The molecule has 1 aliphatic heterocycles. The molecule has 1 unspecified atom stereocenters. The molecule has 1 fully saturated rings. The zero-order chi connectivity index (χ0) is 16.7. The van der Waals surface area contributed by atoms with Crippen LogP contribution in [0.3, 0.4) is 0 Å². The van der Waals surface area contributed by atoms with Crippen LogP contribution in [0.1, 0.15) is 29.3 Å². The van der Waals surface area contributed by atoms with Gasteiger partial charge in [0.05, 0.1) is 10.9 Å². The van der Waals surface area contributed by atoms with Gasteiger partial charge in [-0.3, -0.25) is 9.69 Å². The second-order valence-electron chi connectivity index (χ2n) is 5.74. The average Bonchev–Trinajstić information content (AvgIpc) is 3.15. The third-order valence-electron chi connectivity index (χ3n) is 4.31. The fraction of sp³-hybridized carbons (Fsp3) is 0.312. The molecule has 6 nitrogen and oxygen atoms in total. The lowest BCUT2D eigenvalue weighted by Crippen LogP contribution is -2.37. The fourth-order valence-electron chi connectivity index (χ4n) is 3.10. The zero-order valence-corrected chi connectivity index (χ0v) is 13.5. The molecule has 1 N–H and O–H groups in total. The number of aromatic nitrogens is 3. The van der Waals surface area contributed by atoms with E-state index in [0.717, 1.165) is 0 Å². The van der Waals surface area contributed by atoms with Gasteiger partial charge in [0.1, 0.15) is 17.9 Å². The van der Waals surface area contributed by atoms with Gasteiger partial charge in [0.25, 0.3) is 0 Å². The first-order valence-corrected chi connectivity index (χ1v) is 8.48. The van der Waals surface area contributed by atoms with Crippen LogP contribution in [0.25, 0.3) is 4.96 Å². The summed E-state index contributed by atoms with van der Waals surface area (Å²) in [5, 5.41) is 14.5. The van der Waals surface area contributed by atoms with E-state index in [0.29, 0.717) is 41.3 Å². The molecular weight excluding hydrogens is 331 g/mol. The number of ketones is 1. The van der Waals surface area contributed by atoms with E-state index in [2.05, 4.69) is 10.1 Å². The van der Waals surface area contributed by atoms with Crippen LogP contribution in [-0.4, -0.2) is 43.5 Å². The van der Waals surface area contributed by atoms with E-state index >= 15 is 0 Å². The molecule has 1 aromatic carbocycles. The predicted molar refractivity (Wildman–Crippen MR) is 86.6 cm³/mol. The van der Waals surface area contributed by atoms with Crippen molar-refractivity contribution in [3.05, 3.63) is 46.9 Å². The maximum atomic E-state index is 14.5. The van der Waals surface area contributed by atoms with Gasteiger partial charge in [-0.15, -0.1) is 0 Å². The lowest BCUT2D eigenvalue weighted by atomic mass is 9.99. The number of likely N-dealkylation sites (tertiary alicyclic amines) is 1. The quantitative estimate of drug-likeness (QED) is 0.788. The Morgan fingerprint density at radius 2 is 2.00 bits per heavy atom. The molecule has 0 bridgehead atoms. The minimum Gasteiger partial charge on any atom is -0.492 e. The highest BCUT2D eigenvalue weighted by molar-refractivity contribution is 7.17. The smallest absolute Gasteiger partial charge is 0.230 e. The van der Waals surface area contributed by atoms with Crippen molar-refractivity contribution in [1.29, 1.82) is 0 Å². The lowest BCUT2D eigenvalue weighted by Gasteiger charge is -2.33. The van der Waals surface area contributed by atoms with E-state index in [9.17, 15) is 14.3 Å². The van der Waals surface area contributed by atoms with Gasteiger partial charge < -0.3 is 5.11 Å². The Bertz CT molecular complexity index is 897. The van der Waals surface area contributed by atoms with Crippen molar-refractivity contribution >= 4 is 22.1 Å². The molecule has 1 atom stereocenters. The van der Waals surface area contributed by atoms with E-state index < -0.39 is 6.04 Å². The molecule has 2 aromatic heterocycles. The third kappa shape index (κ3) is 2.47. The largest absolute Gasteiger partial charge is 0.492 e. The summed E-state index contributed by atoms with van der Waals surface area (Å²) in [6, 6.07) is 6.07. The second-order valence-corrected chi connectivity index (χ2v) is 6.75. The molecule has 0 amide bonds. The van der Waals surface area contributed by atoms with E-state index in [1.807, 2.05) is 4.90 Å². The molecule has 24 heavy (non-hydrogen) atoms. The molecule has 0 spiro atoms. The lowest BCUT2D eigenvalue weighted by molar-refractivity contribution is -0.121. The van der Waals surface area contributed by atoms with E-state index in [1.165, 1.54) is 28.2 Å². The average molecular weight is 346 g/mol. The first-order chi connectivity index (χ1) is 11.6. The van der Waals surface area contributed by atoms with Crippen molar-refractivity contribution in [2.75, 3.05) is 13.1 Å². The molecule has 1 saturated heterocycles. The molecule has 0 radical (unpaired) electrons. The molecule has 124 valence electrons. The monoisotopic (exact) mass is 346 g/mol. The number of nitrogens with zero attached hydrogens (tertiary/aromatic N) is 4. The number of fused-ring (bicyclic) bond motifs is 1. The number of thiazole rings is 1. The van der Waals surface area contributed by atoms with Gasteiger partial charge in [0.15, 0.2) is 0 Å². The number of halogens is 1. The van der Waals surface area contributed by atoms with Crippen LogP contribution in [-0.2, 0) is 4.79 Å². The number of carbonyl (C=O) groups is 1.